The second kappa shape index (κ2) is 8.62. The number of imidazole rings is 1. The second-order valence-corrected chi connectivity index (χ2v) is 6.78. The summed E-state index contributed by atoms with van der Waals surface area (Å²) in [5.74, 6) is 1.12. The van der Waals surface area contributed by atoms with Crippen molar-refractivity contribution in [3.8, 4) is 11.3 Å². The Bertz CT molecular complexity index is 1230. The molecule has 4 aromatic rings. The molecule has 0 fully saturated rings. The largest absolute Gasteiger partial charge is 0.382 e. The number of nitrogens with two attached hydrogens (primary N) is 1. The molecule has 0 saturated heterocycles. The molecular weight excluding hydrogens is 394 g/mol. The number of nitrogens with one attached hydrogen (secondary N) is 2. The van der Waals surface area contributed by atoms with Gasteiger partial charge in [-0.3, -0.25) is 14.0 Å². The van der Waals surface area contributed by atoms with Gasteiger partial charge in [0, 0.05) is 36.1 Å². The molecule has 0 unspecified atom stereocenters. The van der Waals surface area contributed by atoms with Crippen LogP contribution in [0.2, 0.25) is 0 Å². The summed E-state index contributed by atoms with van der Waals surface area (Å²) in [6.07, 6.45) is 5.34. The number of anilines is 2. The minimum Gasteiger partial charge on any atom is -0.382 e. The normalized spacial score (nSPS) is 10.7. The summed E-state index contributed by atoms with van der Waals surface area (Å²) < 4.78 is 1.81. The lowest BCUT2D eigenvalue weighted by Crippen LogP contribution is -2.22. The number of hydrogen-bond acceptors (Lipinski definition) is 6. The number of pyridine rings is 1. The van der Waals surface area contributed by atoms with Crippen LogP contribution >= 0.6 is 0 Å². The molecule has 0 radical (unpaired) electrons. The fourth-order valence-corrected chi connectivity index (χ4v) is 3.16. The van der Waals surface area contributed by atoms with Gasteiger partial charge in [-0.15, -0.1) is 0 Å². The molecule has 156 valence electrons. The fourth-order valence-electron chi connectivity index (χ4n) is 3.16. The molecule has 0 aliphatic carbocycles. The Hall–Kier alpha value is -4.27. The molecule has 4 N–H and O–H groups in total. The lowest BCUT2D eigenvalue weighted by molar-refractivity contribution is -0.120. The Labute approximate surface area is 178 Å². The van der Waals surface area contributed by atoms with Crippen LogP contribution < -0.4 is 16.4 Å². The lowest BCUT2D eigenvalue weighted by atomic mass is 10.1. The number of nitrogen functional groups attached to an aromatic ring is 1. The van der Waals surface area contributed by atoms with Crippen molar-refractivity contribution in [1.29, 1.82) is 0 Å². The smallest absolute Gasteiger partial charge is 0.256 e. The molecule has 0 aliphatic rings. The molecule has 9 nitrogen and oxygen atoms in total. The van der Waals surface area contributed by atoms with Crippen LogP contribution in [0.25, 0.3) is 16.8 Å². The van der Waals surface area contributed by atoms with E-state index in [0.717, 1.165) is 5.56 Å². The molecule has 9 heteroatoms. The van der Waals surface area contributed by atoms with E-state index in [9.17, 15) is 9.59 Å². The third-order valence-corrected chi connectivity index (χ3v) is 4.75. The standard InChI is InChI=1S/C22H21N7O2/c1-2-18(30)26-13-17-28-19(20-21(23)25-11-12-29(17)20)14-6-8-15(9-7-14)22(31)27-16-5-3-4-10-24-16/h3-12H,2,13H2,1H3,(H2,23,25)(H,26,30)(H,24,27,31). The molecule has 0 atom stereocenters. The highest BCUT2D eigenvalue weighted by atomic mass is 16.2. The van der Waals surface area contributed by atoms with Crippen LogP contribution in [-0.4, -0.2) is 31.2 Å². The van der Waals surface area contributed by atoms with E-state index in [1.807, 2.05) is 4.40 Å². The van der Waals surface area contributed by atoms with Crippen LogP contribution in [0.1, 0.15) is 29.5 Å². The summed E-state index contributed by atoms with van der Waals surface area (Å²) in [5, 5.41) is 5.58. The van der Waals surface area contributed by atoms with Crippen molar-refractivity contribution in [2.75, 3.05) is 11.1 Å². The Balaban J connectivity index is 1.64. The predicted molar refractivity (Wildman–Crippen MR) is 117 cm³/mol. The average Bonchev–Trinajstić information content (AvgIpc) is 3.18. The molecule has 0 saturated carbocycles. The maximum absolute atomic E-state index is 12.5. The molecule has 0 bridgehead atoms. The molecular formula is C22H21N7O2. The number of amides is 2. The van der Waals surface area contributed by atoms with Gasteiger partial charge in [0.1, 0.15) is 28.7 Å². The van der Waals surface area contributed by atoms with Crippen molar-refractivity contribution in [3.05, 3.63) is 72.4 Å². The molecule has 0 aliphatic heterocycles. The van der Waals surface area contributed by atoms with Gasteiger partial charge in [0.25, 0.3) is 5.91 Å². The third-order valence-electron chi connectivity index (χ3n) is 4.75. The number of carbonyl (C=O) groups excluding carboxylic acids is 2. The molecule has 3 aromatic heterocycles. The SMILES string of the molecule is CCC(=O)NCc1nc(-c2ccc(C(=O)Nc3ccccn3)cc2)c2c(N)nccn12. The quantitative estimate of drug-likeness (QED) is 0.444. The summed E-state index contributed by atoms with van der Waals surface area (Å²) in [4.78, 5) is 37.1. The number of aromatic nitrogens is 4. The summed E-state index contributed by atoms with van der Waals surface area (Å²) in [6, 6.07) is 12.3. The monoisotopic (exact) mass is 415 g/mol. The highest BCUT2D eigenvalue weighted by Crippen LogP contribution is 2.28. The van der Waals surface area contributed by atoms with E-state index in [1.165, 1.54) is 0 Å². The van der Waals surface area contributed by atoms with Crippen LogP contribution in [0.5, 0.6) is 0 Å². The van der Waals surface area contributed by atoms with Crippen LogP contribution in [0, 0.1) is 0 Å². The van der Waals surface area contributed by atoms with E-state index in [2.05, 4.69) is 25.6 Å². The highest BCUT2D eigenvalue weighted by molar-refractivity contribution is 6.04. The van der Waals surface area contributed by atoms with Crippen LogP contribution in [0.4, 0.5) is 11.6 Å². The van der Waals surface area contributed by atoms with Crippen molar-refractivity contribution < 1.29 is 9.59 Å². The number of rotatable bonds is 6. The van der Waals surface area contributed by atoms with Crippen LogP contribution in [-0.2, 0) is 11.3 Å². The molecule has 1 aromatic carbocycles. The fraction of sp³-hybridized carbons (Fsp3) is 0.136. The lowest BCUT2D eigenvalue weighted by Gasteiger charge is -2.05. The molecule has 2 amide bonds. The second-order valence-electron chi connectivity index (χ2n) is 6.78. The zero-order valence-corrected chi connectivity index (χ0v) is 16.9. The Morgan fingerprint density at radius 2 is 1.87 bits per heavy atom. The first kappa shape index (κ1) is 20.0. The van der Waals surface area contributed by atoms with Gasteiger partial charge in [-0.2, -0.15) is 0 Å². The maximum Gasteiger partial charge on any atom is 0.256 e. The summed E-state index contributed by atoms with van der Waals surface area (Å²) >= 11 is 0. The van der Waals surface area contributed by atoms with Gasteiger partial charge in [0.2, 0.25) is 5.91 Å². The van der Waals surface area contributed by atoms with Crippen LogP contribution in [0.3, 0.4) is 0 Å². The topological polar surface area (TPSA) is 127 Å². The summed E-state index contributed by atoms with van der Waals surface area (Å²) in [6.45, 7) is 2.06. The minimum atomic E-state index is -0.260. The third kappa shape index (κ3) is 4.20. The van der Waals surface area contributed by atoms with Gasteiger partial charge in [-0.1, -0.05) is 25.1 Å². The van der Waals surface area contributed by atoms with Gasteiger partial charge >= 0.3 is 0 Å². The zero-order chi connectivity index (χ0) is 21.8. The van der Waals surface area contributed by atoms with Crippen molar-refractivity contribution in [3.63, 3.8) is 0 Å². The Morgan fingerprint density at radius 1 is 1.06 bits per heavy atom. The van der Waals surface area contributed by atoms with E-state index >= 15 is 0 Å². The van der Waals surface area contributed by atoms with E-state index < -0.39 is 0 Å². The van der Waals surface area contributed by atoms with Crippen LogP contribution in [0.15, 0.2) is 61.1 Å². The number of nitrogens with zero attached hydrogens (tertiary/aromatic N) is 4. The van der Waals surface area contributed by atoms with Crippen molar-refractivity contribution in [2.45, 2.75) is 19.9 Å². The van der Waals surface area contributed by atoms with Gasteiger partial charge in [-0.25, -0.2) is 15.0 Å². The van der Waals surface area contributed by atoms with E-state index in [4.69, 9.17) is 5.73 Å². The minimum absolute atomic E-state index is 0.0661. The van der Waals surface area contributed by atoms with E-state index in [-0.39, 0.29) is 18.4 Å². The molecule has 0 spiro atoms. The van der Waals surface area contributed by atoms with E-state index in [1.54, 1.807) is 68.0 Å². The number of carbonyl (C=O) groups is 2. The first-order chi connectivity index (χ1) is 15.1. The van der Waals surface area contributed by atoms with E-state index in [0.29, 0.717) is 40.7 Å². The first-order valence-corrected chi connectivity index (χ1v) is 9.77. The number of hydrogen-bond donors (Lipinski definition) is 3. The first-order valence-electron chi connectivity index (χ1n) is 9.77. The number of benzene rings is 1. The molecule has 4 rings (SSSR count). The number of fused-ring (bicyclic) bond motifs is 1. The van der Waals surface area contributed by atoms with Gasteiger partial charge in [-0.05, 0) is 24.3 Å². The summed E-state index contributed by atoms with van der Waals surface area (Å²) in [5.41, 5.74) is 8.66. The molecule has 31 heavy (non-hydrogen) atoms. The average molecular weight is 415 g/mol. The predicted octanol–water partition coefficient (Wildman–Crippen LogP) is 2.65. The highest BCUT2D eigenvalue weighted by Gasteiger charge is 2.17. The van der Waals surface area contributed by atoms with Crippen molar-refractivity contribution in [2.24, 2.45) is 0 Å². The van der Waals surface area contributed by atoms with Crippen molar-refractivity contribution in [1.82, 2.24) is 24.7 Å². The summed E-state index contributed by atoms with van der Waals surface area (Å²) in [7, 11) is 0. The van der Waals surface area contributed by atoms with Gasteiger partial charge in [0.15, 0.2) is 0 Å². The maximum atomic E-state index is 12.5. The Morgan fingerprint density at radius 3 is 2.58 bits per heavy atom. The zero-order valence-electron chi connectivity index (χ0n) is 16.9. The van der Waals surface area contributed by atoms with Gasteiger partial charge in [0.05, 0.1) is 6.54 Å². The van der Waals surface area contributed by atoms with Crippen molar-refractivity contribution >= 4 is 29.0 Å². The van der Waals surface area contributed by atoms with Gasteiger partial charge < -0.3 is 16.4 Å². The Kier molecular flexibility index (Phi) is 5.57. The molecule has 3 heterocycles.